The lowest BCUT2D eigenvalue weighted by atomic mass is 9.82. The highest BCUT2D eigenvalue weighted by Gasteiger charge is 2.26. The van der Waals surface area contributed by atoms with Crippen LogP contribution < -0.4 is 4.90 Å². The lowest BCUT2D eigenvalue weighted by Gasteiger charge is -2.29. The van der Waals surface area contributed by atoms with Gasteiger partial charge in [-0.25, -0.2) is 0 Å². The molecular formula is C48H38N2. The number of anilines is 2. The SMILES string of the molecule is C1=CCC(c2ccccc2-c2ccccc2-c2ccccc2N2C/C=C\C=C/Cc3ccccc32)C(n2c3ccccc3c3ccccc32)=C1. The lowest BCUT2D eigenvalue weighted by Crippen LogP contribution is -2.19. The maximum Gasteiger partial charge on any atom is 0.0538 e. The van der Waals surface area contributed by atoms with E-state index in [2.05, 4.69) is 198 Å². The van der Waals surface area contributed by atoms with Crippen LogP contribution in [0.25, 0.3) is 49.8 Å². The van der Waals surface area contributed by atoms with E-state index in [1.807, 2.05) is 0 Å². The zero-order valence-electron chi connectivity index (χ0n) is 28.0. The van der Waals surface area contributed by atoms with Crippen molar-refractivity contribution in [1.82, 2.24) is 4.57 Å². The summed E-state index contributed by atoms with van der Waals surface area (Å²) in [6, 6.07) is 53.4. The molecule has 1 aliphatic carbocycles. The minimum absolute atomic E-state index is 0.182. The van der Waals surface area contributed by atoms with Crippen molar-refractivity contribution in [1.29, 1.82) is 0 Å². The van der Waals surface area contributed by atoms with Gasteiger partial charge in [0.2, 0.25) is 0 Å². The highest BCUT2D eigenvalue weighted by Crippen LogP contribution is 2.46. The molecular weight excluding hydrogens is 605 g/mol. The normalized spacial score (nSPS) is 17.1. The minimum Gasteiger partial charge on any atom is -0.337 e. The summed E-state index contributed by atoms with van der Waals surface area (Å²) in [5.41, 5.74) is 13.9. The third kappa shape index (κ3) is 5.21. The van der Waals surface area contributed by atoms with Crippen LogP contribution in [0.4, 0.5) is 11.4 Å². The van der Waals surface area contributed by atoms with Gasteiger partial charge in [0, 0.05) is 45.9 Å². The van der Waals surface area contributed by atoms with Gasteiger partial charge in [-0.05, 0) is 71.0 Å². The van der Waals surface area contributed by atoms with Crippen molar-refractivity contribution < 1.29 is 0 Å². The number of fused-ring (bicyclic) bond motifs is 4. The molecule has 1 aliphatic heterocycles. The van der Waals surface area contributed by atoms with Crippen molar-refractivity contribution in [3.63, 3.8) is 0 Å². The predicted octanol–water partition coefficient (Wildman–Crippen LogP) is 12.5. The average Bonchev–Trinajstić information content (AvgIpc) is 3.57. The molecule has 0 bridgehead atoms. The van der Waals surface area contributed by atoms with Crippen molar-refractivity contribution in [2.24, 2.45) is 0 Å². The summed E-state index contributed by atoms with van der Waals surface area (Å²) in [6.07, 6.45) is 17.6. The summed E-state index contributed by atoms with van der Waals surface area (Å²) in [7, 11) is 0. The first-order valence-corrected chi connectivity index (χ1v) is 17.7. The molecule has 50 heavy (non-hydrogen) atoms. The van der Waals surface area contributed by atoms with Crippen molar-refractivity contribution in [2.75, 3.05) is 11.4 Å². The van der Waals surface area contributed by atoms with Crippen LogP contribution in [0.15, 0.2) is 188 Å². The second-order valence-electron chi connectivity index (χ2n) is 13.1. The van der Waals surface area contributed by atoms with Crippen LogP contribution in [0, 0.1) is 0 Å². The number of para-hydroxylation sites is 4. The van der Waals surface area contributed by atoms with Crippen LogP contribution in [0.3, 0.4) is 0 Å². The largest absolute Gasteiger partial charge is 0.337 e. The predicted molar refractivity (Wildman–Crippen MR) is 213 cm³/mol. The Morgan fingerprint density at radius 2 is 1.04 bits per heavy atom. The molecule has 0 saturated heterocycles. The Labute approximate surface area is 294 Å². The van der Waals surface area contributed by atoms with E-state index in [4.69, 9.17) is 0 Å². The maximum absolute atomic E-state index is 2.50. The molecule has 0 amide bonds. The third-order valence-corrected chi connectivity index (χ3v) is 10.3. The molecule has 0 fully saturated rings. The molecule has 0 radical (unpaired) electrons. The molecule has 2 aliphatic rings. The van der Waals surface area contributed by atoms with Crippen LogP contribution in [0.1, 0.15) is 23.5 Å². The molecule has 0 N–H and O–H groups in total. The molecule has 9 rings (SSSR count). The van der Waals surface area contributed by atoms with Gasteiger partial charge in [-0.1, -0.05) is 158 Å². The molecule has 1 atom stereocenters. The van der Waals surface area contributed by atoms with E-state index >= 15 is 0 Å². The van der Waals surface area contributed by atoms with Crippen molar-refractivity contribution in [3.8, 4) is 22.3 Å². The number of allylic oxidation sites excluding steroid dienone is 7. The molecule has 1 aromatic heterocycles. The quantitative estimate of drug-likeness (QED) is 0.181. The molecule has 1 unspecified atom stereocenters. The van der Waals surface area contributed by atoms with Gasteiger partial charge in [-0.3, -0.25) is 0 Å². The van der Waals surface area contributed by atoms with Gasteiger partial charge in [-0.15, -0.1) is 0 Å². The van der Waals surface area contributed by atoms with E-state index in [1.165, 1.54) is 72.3 Å². The maximum atomic E-state index is 2.50. The summed E-state index contributed by atoms with van der Waals surface area (Å²) >= 11 is 0. The Hall–Kier alpha value is -6.12. The zero-order chi connectivity index (χ0) is 33.3. The Bertz CT molecular complexity index is 2430. The topological polar surface area (TPSA) is 8.17 Å². The van der Waals surface area contributed by atoms with Gasteiger partial charge in [0.25, 0.3) is 0 Å². The summed E-state index contributed by atoms with van der Waals surface area (Å²) in [6.45, 7) is 0.790. The highest BCUT2D eigenvalue weighted by atomic mass is 15.1. The molecule has 2 heterocycles. The fourth-order valence-corrected chi connectivity index (χ4v) is 8.06. The zero-order valence-corrected chi connectivity index (χ0v) is 28.0. The Morgan fingerprint density at radius 3 is 1.82 bits per heavy atom. The monoisotopic (exact) mass is 642 g/mol. The van der Waals surface area contributed by atoms with E-state index in [0.717, 1.165) is 19.4 Å². The smallest absolute Gasteiger partial charge is 0.0538 e. The van der Waals surface area contributed by atoms with Gasteiger partial charge in [-0.2, -0.15) is 0 Å². The fraction of sp³-hybridized carbons (Fsp3) is 0.0833. The molecule has 6 aromatic carbocycles. The van der Waals surface area contributed by atoms with Crippen LogP contribution >= 0.6 is 0 Å². The molecule has 7 aromatic rings. The number of hydrogen-bond acceptors (Lipinski definition) is 1. The van der Waals surface area contributed by atoms with Gasteiger partial charge in [0.05, 0.1) is 11.0 Å². The molecule has 240 valence electrons. The van der Waals surface area contributed by atoms with Gasteiger partial charge in [0.1, 0.15) is 0 Å². The van der Waals surface area contributed by atoms with Crippen LogP contribution in [-0.2, 0) is 6.42 Å². The lowest BCUT2D eigenvalue weighted by molar-refractivity contribution is 0.832. The van der Waals surface area contributed by atoms with Crippen LogP contribution in [0.2, 0.25) is 0 Å². The van der Waals surface area contributed by atoms with Crippen LogP contribution in [0.5, 0.6) is 0 Å². The Kier molecular flexibility index (Phi) is 7.83. The third-order valence-electron chi connectivity index (χ3n) is 10.3. The van der Waals surface area contributed by atoms with E-state index < -0.39 is 0 Å². The minimum atomic E-state index is 0.182. The number of hydrogen-bond donors (Lipinski definition) is 0. The number of aromatic nitrogens is 1. The molecule has 2 heteroatoms. The number of nitrogens with zero attached hydrogens (tertiary/aromatic N) is 2. The Morgan fingerprint density at radius 1 is 0.460 bits per heavy atom. The van der Waals surface area contributed by atoms with E-state index in [-0.39, 0.29) is 5.92 Å². The van der Waals surface area contributed by atoms with Gasteiger partial charge >= 0.3 is 0 Å². The fourth-order valence-electron chi connectivity index (χ4n) is 8.06. The van der Waals surface area contributed by atoms with E-state index in [9.17, 15) is 0 Å². The first-order chi connectivity index (χ1) is 24.9. The first-order valence-electron chi connectivity index (χ1n) is 17.7. The summed E-state index contributed by atoms with van der Waals surface area (Å²) < 4.78 is 2.50. The van der Waals surface area contributed by atoms with Gasteiger partial charge < -0.3 is 9.47 Å². The van der Waals surface area contributed by atoms with Crippen molar-refractivity contribution >= 4 is 38.9 Å². The second kappa shape index (κ2) is 13.1. The second-order valence-corrected chi connectivity index (χ2v) is 13.1. The van der Waals surface area contributed by atoms with E-state index in [0.29, 0.717) is 0 Å². The van der Waals surface area contributed by atoms with E-state index in [1.54, 1.807) is 0 Å². The number of rotatable bonds is 5. The van der Waals surface area contributed by atoms with Crippen LogP contribution in [-0.4, -0.2) is 11.1 Å². The average molecular weight is 643 g/mol. The van der Waals surface area contributed by atoms with Gasteiger partial charge in [0.15, 0.2) is 0 Å². The first kappa shape index (κ1) is 30.0. The summed E-state index contributed by atoms with van der Waals surface area (Å²) in [5.74, 6) is 0.182. The number of benzene rings is 6. The summed E-state index contributed by atoms with van der Waals surface area (Å²) in [4.78, 5) is 2.48. The van der Waals surface area contributed by atoms with Crippen molar-refractivity contribution in [2.45, 2.75) is 18.8 Å². The summed E-state index contributed by atoms with van der Waals surface area (Å²) in [5, 5.41) is 2.58. The highest BCUT2D eigenvalue weighted by molar-refractivity contribution is 6.10. The standard InChI is InChI=1S/C48H38N2/c1-2-18-34-49(44-29-13-4-20-35(44)19-3-1)45-30-14-9-25-40(45)38-23-7-5-21-36(38)37-22-6-8-24-39(37)41-26-10-15-31-46(41)50-47-32-16-11-27-42(47)43-28-12-17-33-48(43)50/h1-18,20-25,27-33,41H,19,26,34H2/b3-1-,18-2-. The Balaban J connectivity index is 1.20. The van der Waals surface area contributed by atoms with Crippen molar-refractivity contribution in [3.05, 3.63) is 199 Å². The molecule has 2 nitrogen and oxygen atoms in total. The molecule has 0 spiro atoms. The molecule has 0 saturated carbocycles.